The number of carbonyl (C=O) groups is 1. The van der Waals surface area contributed by atoms with Gasteiger partial charge in [0, 0.05) is 48.7 Å². The van der Waals surface area contributed by atoms with Gasteiger partial charge in [0.25, 0.3) is 0 Å². The second-order valence-corrected chi connectivity index (χ2v) is 9.90. The number of aryl methyl sites for hydroxylation is 2. The van der Waals surface area contributed by atoms with Gasteiger partial charge in [0.15, 0.2) is 0 Å². The van der Waals surface area contributed by atoms with E-state index < -0.39 is 0 Å². The monoisotopic (exact) mass is 447 g/mol. The van der Waals surface area contributed by atoms with Gasteiger partial charge in [-0.1, -0.05) is 30.3 Å². The van der Waals surface area contributed by atoms with Crippen molar-refractivity contribution in [2.75, 3.05) is 24.5 Å². The van der Waals surface area contributed by atoms with Crippen LogP contribution in [-0.2, 0) is 24.2 Å². The molecule has 0 unspecified atom stereocenters. The van der Waals surface area contributed by atoms with E-state index in [1.54, 1.807) is 11.3 Å². The Balaban J connectivity index is 1.33. The maximum absolute atomic E-state index is 12.8. The summed E-state index contributed by atoms with van der Waals surface area (Å²) >= 11 is 1.60. The van der Waals surface area contributed by atoms with Crippen LogP contribution < -0.4 is 4.90 Å². The first-order chi connectivity index (χ1) is 15.6. The number of benzene rings is 1. The molecular formula is C25H29N5OS. The standard InChI is InChI=1S/C25H29N5OS/c1-17-22-9-6-11-30(14-19-7-4-3-5-8-19)25(22)28-24(26-17)20-10-12-29(15-20)23(31)13-21-16-32-18(2)27-21/h3-5,7-8,16,20H,6,9-15H2,1-2H3/t20-/m1/s1. The number of anilines is 1. The van der Waals surface area contributed by atoms with Crippen molar-refractivity contribution in [2.24, 2.45) is 0 Å². The topological polar surface area (TPSA) is 62.2 Å². The van der Waals surface area contributed by atoms with Crippen LogP contribution in [0.2, 0.25) is 0 Å². The molecule has 0 saturated carbocycles. The maximum atomic E-state index is 12.8. The zero-order valence-corrected chi connectivity index (χ0v) is 19.6. The molecule has 3 aromatic rings. The number of aromatic nitrogens is 3. The summed E-state index contributed by atoms with van der Waals surface area (Å²) in [6.45, 7) is 7.42. The Bertz CT molecular complexity index is 1110. The van der Waals surface area contributed by atoms with Crippen molar-refractivity contribution < 1.29 is 4.79 Å². The average Bonchev–Trinajstić information content (AvgIpc) is 3.44. The Labute approximate surface area is 193 Å². The molecule has 4 heterocycles. The first kappa shape index (κ1) is 21.1. The summed E-state index contributed by atoms with van der Waals surface area (Å²) in [6, 6.07) is 10.6. The summed E-state index contributed by atoms with van der Waals surface area (Å²) in [5, 5.41) is 2.99. The fourth-order valence-corrected chi connectivity index (χ4v) is 5.42. The molecule has 0 bridgehead atoms. The van der Waals surface area contributed by atoms with Gasteiger partial charge in [-0.15, -0.1) is 11.3 Å². The van der Waals surface area contributed by atoms with Gasteiger partial charge in [-0.2, -0.15) is 0 Å². The van der Waals surface area contributed by atoms with Crippen molar-refractivity contribution in [2.45, 2.75) is 52.0 Å². The highest BCUT2D eigenvalue weighted by molar-refractivity contribution is 7.09. The quantitative estimate of drug-likeness (QED) is 0.590. The van der Waals surface area contributed by atoms with E-state index in [0.29, 0.717) is 13.0 Å². The van der Waals surface area contributed by atoms with Gasteiger partial charge < -0.3 is 9.80 Å². The van der Waals surface area contributed by atoms with Gasteiger partial charge in [0.05, 0.1) is 17.1 Å². The third-order valence-corrected chi connectivity index (χ3v) is 7.31. The number of carbonyl (C=O) groups excluding carboxylic acids is 1. The number of fused-ring (bicyclic) bond motifs is 1. The van der Waals surface area contributed by atoms with Gasteiger partial charge in [0.1, 0.15) is 11.6 Å². The number of amides is 1. The summed E-state index contributed by atoms with van der Waals surface area (Å²) < 4.78 is 0. The first-order valence-corrected chi connectivity index (χ1v) is 12.3. The van der Waals surface area contributed by atoms with Crippen LogP contribution >= 0.6 is 11.3 Å². The van der Waals surface area contributed by atoms with Crippen LogP contribution in [-0.4, -0.2) is 45.4 Å². The van der Waals surface area contributed by atoms with Crippen molar-refractivity contribution >= 4 is 23.1 Å². The van der Waals surface area contributed by atoms with Crippen molar-refractivity contribution in [3.8, 4) is 0 Å². The molecule has 7 heteroatoms. The molecule has 32 heavy (non-hydrogen) atoms. The third-order valence-electron chi connectivity index (χ3n) is 6.48. The fraction of sp³-hybridized carbons (Fsp3) is 0.440. The molecule has 0 spiro atoms. The Morgan fingerprint density at radius 1 is 1.12 bits per heavy atom. The van der Waals surface area contributed by atoms with Crippen LogP contribution in [0, 0.1) is 13.8 Å². The highest BCUT2D eigenvalue weighted by Crippen LogP contribution is 2.32. The van der Waals surface area contributed by atoms with E-state index in [0.717, 1.165) is 66.9 Å². The van der Waals surface area contributed by atoms with Crippen molar-refractivity contribution in [3.05, 3.63) is 69.1 Å². The minimum Gasteiger partial charge on any atom is -0.352 e. The van der Waals surface area contributed by atoms with Crippen LogP contribution in [0.1, 0.15) is 52.1 Å². The molecule has 0 aliphatic carbocycles. The molecule has 1 atom stereocenters. The number of rotatable bonds is 5. The van der Waals surface area contributed by atoms with Crippen LogP contribution in [0.25, 0.3) is 0 Å². The molecule has 1 saturated heterocycles. The third kappa shape index (κ3) is 4.39. The van der Waals surface area contributed by atoms with Gasteiger partial charge in [-0.05, 0) is 38.7 Å². The Morgan fingerprint density at radius 2 is 1.97 bits per heavy atom. The molecule has 1 fully saturated rings. The summed E-state index contributed by atoms with van der Waals surface area (Å²) in [4.78, 5) is 31.6. The number of thiazole rings is 1. The van der Waals surface area contributed by atoms with Gasteiger partial charge in [-0.25, -0.2) is 15.0 Å². The van der Waals surface area contributed by atoms with Gasteiger partial charge in [-0.3, -0.25) is 4.79 Å². The Hall–Kier alpha value is -2.80. The molecule has 2 aliphatic rings. The highest BCUT2D eigenvalue weighted by atomic mass is 32.1. The zero-order valence-electron chi connectivity index (χ0n) is 18.8. The summed E-state index contributed by atoms with van der Waals surface area (Å²) in [5.74, 6) is 2.32. The minimum atomic E-state index is 0.151. The second-order valence-electron chi connectivity index (χ2n) is 8.84. The van der Waals surface area contributed by atoms with Crippen LogP contribution in [0.3, 0.4) is 0 Å². The lowest BCUT2D eigenvalue weighted by Crippen LogP contribution is -2.32. The largest absolute Gasteiger partial charge is 0.352 e. The molecule has 1 amide bonds. The molecule has 0 N–H and O–H groups in total. The maximum Gasteiger partial charge on any atom is 0.228 e. The summed E-state index contributed by atoms with van der Waals surface area (Å²) in [6.07, 6.45) is 3.46. The predicted octanol–water partition coefficient (Wildman–Crippen LogP) is 4.06. The number of hydrogen-bond acceptors (Lipinski definition) is 6. The van der Waals surface area contributed by atoms with E-state index in [2.05, 4.69) is 47.1 Å². The number of likely N-dealkylation sites (tertiary alicyclic amines) is 1. The van der Waals surface area contributed by atoms with Gasteiger partial charge in [0.2, 0.25) is 5.91 Å². The molecule has 2 aliphatic heterocycles. The average molecular weight is 448 g/mol. The van der Waals surface area contributed by atoms with E-state index in [1.807, 2.05) is 17.2 Å². The molecular weight excluding hydrogens is 418 g/mol. The lowest BCUT2D eigenvalue weighted by molar-refractivity contribution is -0.129. The van der Waals surface area contributed by atoms with E-state index in [-0.39, 0.29) is 11.8 Å². The Morgan fingerprint density at radius 3 is 2.75 bits per heavy atom. The zero-order chi connectivity index (χ0) is 22.1. The smallest absolute Gasteiger partial charge is 0.228 e. The highest BCUT2D eigenvalue weighted by Gasteiger charge is 2.31. The lowest BCUT2D eigenvalue weighted by Gasteiger charge is -2.31. The molecule has 0 radical (unpaired) electrons. The van der Waals surface area contributed by atoms with Crippen LogP contribution in [0.4, 0.5) is 5.82 Å². The fourth-order valence-electron chi connectivity index (χ4n) is 4.80. The molecule has 1 aromatic carbocycles. The summed E-state index contributed by atoms with van der Waals surface area (Å²) in [7, 11) is 0. The van der Waals surface area contributed by atoms with Crippen molar-refractivity contribution in [1.29, 1.82) is 0 Å². The molecule has 6 nitrogen and oxygen atoms in total. The first-order valence-electron chi connectivity index (χ1n) is 11.4. The molecule has 166 valence electrons. The van der Waals surface area contributed by atoms with Crippen molar-refractivity contribution in [3.63, 3.8) is 0 Å². The summed E-state index contributed by atoms with van der Waals surface area (Å²) in [5.41, 5.74) is 4.54. The predicted molar refractivity (Wildman–Crippen MR) is 127 cm³/mol. The molecule has 5 rings (SSSR count). The van der Waals surface area contributed by atoms with Gasteiger partial charge >= 0.3 is 0 Å². The second kappa shape index (κ2) is 8.98. The minimum absolute atomic E-state index is 0.151. The van der Waals surface area contributed by atoms with E-state index >= 15 is 0 Å². The van der Waals surface area contributed by atoms with Crippen LogP contribution in [0.15, 0.2) is 35.7 Å². The lowest BCUT2D eigenvalue weighted by atomic mass is 10.0. The van der Waals surface area contributed by atoms with Crippen molar-refractivity contribution in [1.82, 2.24) is 19.9 Å². The van der Waals surface area contributed by atoms with Crippen LogP contribution in [0.5, 0.6) is 0 Å². The SMILES string of the molecule is Cc1nc(CC(=O)N2CC[C@@H](c3nc(C)c4c(n3)N(Cc3ccccc3)CCC4)C2)cs1. The Kier molecular flexibility index (Phi) is 5.91. The van der Waals surface area contributed by atoms with E-state index in [9.17, 15) is 4.79 Å². The normalized spacial score (nSPS) is 18.1. The van der Waals surface area contributed by atoms with E-state index in [1.165, 1.54) is 11.1 Å². The number of hydrogen-bond donors (Lipinski definition) is 0. The van der Waals surface area contributed by atoms with E-state index in [4.69, 9.17) is 9.97 Å². The number of nitrogens with zero attached hydrogens (tertiary/aromatic N) is 5. The molecule has 2 aromatic heterocycles.